The molecule has 0 aromatic carbocycles. The molecule has 0 saturated carbocycles. The molecule has 0 aliphatic rings. The molecule has 1 N–H and O–H groups in total. The summed E-state index contributed by atoms with van der Waals surface area (Å²) in [7, 11) is 1.14. The van der Waals surface area contributed by atoms with Crippen molar-refractivity contribution < 1.29 is 27.5 Å². The van der Waals surface area contributed by atoms with Gasteiger partial charge in [0, 0.05) is 25.6 Å². The van der Waals surface area contributed by atoms with Gasteiger partial charge in [-0.1, -0.05) is 13.8 Å². The van der Waals surface area contributed by atoms with E-state index in [0.717, 1.165) is 7.11 Å². The molecule has 0 fully saturated rings. The Hall–Kier alpha value is -1.31. The van der Waals surface area contributed by atoms with E-state index in [-0.39, 0.29) is 25.4 Å². The number of hydrogen-bond donors (Lipinski definition) is 1. The summed E-state index contributed by atoms with van der Waals surface area (Å²) >= 11 is 0. The molecular weight excluding hydrogens is 277 g/mol. The molecule has 118 valence electrons. The largest absolute Gasteiger partial charge is 0.469 e. The molecule has 0 saturated heterocycles. The summed E-state index contributed by atoms with van der Waals surface area (Å²) in [6, 6.07) is 0.147. The first-order valence-corrected chi connectivity index (χ1v) is 6.30. The van der Waals surface area contributed by atoms with Crippen LogP contribution in [0.5, 0.6) is 0 Å². The lowest BCUT2D eigenvalue weighted by Crippen LogP contribution is -2.41. The fourth-order valence-corrected chi connectivity index (χ4v) is 1.46. The number of carbonyl (C=O) groups is 2. The van der Waals surface area contributed by atoms with E-state index in [1.807, 2.05) is 13.8 Å². The van der Waals surface area contributed by atoms with Gasteiger partial charge < -0.3 is 15.0 Å². The van der Waals surface area contributed by atoms with Gasteiger partial charge in [-0.2, -0.15) is 13.2 Å². The summed E-state index contributed by atoms with van der Waals surface area (Å²) in [5.41, 5.74) is 0. The number of amides is 1. The first-order chi connectivity index (χ1) is 9.15. The molecule has 0 aliphatic carbocycles. The Labute approximate surface area is 116 Å². The predicted molar refractivity (Wildman–Crippen MR) is 67.0 cm³/mol. The Balaban J connectivity index is 4.42. The van der Waals surface area contributed by atoms with Gasteiger partial charge in [0.2, 0.25) is 5.91 Å². The van der Waals surface area contributed by atoms with Crippen molar-refractivity contribution in [3.63, 3.8) is 0 Å². The SMILES string of the molecule is COC(=O)CCN(CC(F)(F)F)C(=O)CCNC(C)C. The fourth-order valence-electron chi connectivity index (χ4n) is 1.46. The van der Waals surface area contributed by atoms with Crippen molar-refractivity contribution in [1.29, 1.82) is 0 Å². The van der Waals surface area contributed by atoms with E-state index < -0.39 is 24.6 Å². The normalized spacial score (nSPS) is 11.6. The van der Waals surface area contributed by atoms with Crippen molar-refractivity contribution in [2.75, 3.05) is 26.7 Å². The molecule has 8 heteroatoms. The first-order valence-electron chi connectivity index (χ1n) is 6.30. The molecule has 20 heavy (non-hydrogen) atoms. The van der Waals surface area contributed by atoms with E-state index in [0.29, 0.717) is 11.4 Å². The fraction of sp³-hybridized carbons (Fsp3) is 0.833. The van der Waals surface area contributed by atoms with Crippen LogP contribution in [0, 0.1) is 0 Å². The first kappa shape index (κ1) is 18.7. The predicted octanol–water partition coefficient (Wildman–Crippen LogP) is 1.33. The maximum absolute atomic E-state index is 12.4. The van der Waals surface area contributed by atoms with E-state index in [1.54, 1.807) is 0 Å². The number of ether oxygens (including phenoxy) is 1. The maximum Gasteiger partial charge on any atom is 0.406 e. The molecule has 0 aromatic heterocycles. The van der Waals surface area contributed by atoms with Gasteiger partial charge in [-0.3, -0.25) is 9.59 Å². The van der Waals surface area contributed by atoms with E-state index in [2.05, 4.69) is 10.1 Å². The van der Waals surface area contributed by atoms with Crippen molar-refractivity contribution in [1.82, 2.24) is 10.2 Å². The Kier molecular flexibility index (Phi) is 8.21. The molecule has 0 aromatic rings. The van der Waals surface area contributed by atoms with Crippen molar-refractivity contribution in [3.8, 4) is 0 Å². The number of hydrogen-bond acceptors (Lipinski definition) is 4. The minimum Gasteiger partial charge on any atom is -0.469 e. The van der Waals surface area contributed by atoms with Gasteiger partial charge in [0.05, 0.1) is 13.5 Å². The second kappa shape index (κ2) is 8.78. The minimum atomic E-state index is -4.49. The van der Waals surface area contributed by atoms with Crippen LogP contribution in [0.2, 0.25) is 0 Å². The third kappa shape index (κ3) is 9.60. The molecule has 0 heterocycles. The summed E-state index contributed by atoms with van der Waals surface area (Å²) in [5.74, 6) is -1.29. The standard InChI is InChI=1S/C12H21F3N2O3/c1-9(2)16-6-4-10(18)17(8-12(13,14)15)7-5-11(19)20-3/h9,16H,4-8H2,1-3H3. The highest BCUT2D eigenvalue weighted by atomic mass is 19.4. The molecule has 0 bridgehead atoms. The van der Waals surface area contributed by atoms with Gasteiger partial charge in [0.15, 0.2) is 0 Å². The van der Waals surface area contributed by atoms with Crippen LogP contribution in [0.15, 0.2) is 0 Å². The van der Waals surface area contributed by atoms with Crippen LogP contribution >= 0.6 is 0 Å². The highest BCUT2D eigenvalue weighted by Gasteiger charge is 2.32. The van der Waals surface area contributed by atoms with E-state index in [4.69, 9.17) is 0 Å². The zero-order chi connectivity index (χ0) is 15.8. The minimum absolute atomic E-state index is 0.0462. The summed E-state index contributed by atoms with van der Waals surface area (Å²) < 4.78 is 41.5. The van der Waals surface area contributed by atoms with Crippen LogP contribution in [0.1, 0.15) is 26.7 Å². The number of carbonyl (C=O) groups excluding carboxylic acids is 2. The van der Waals surface area contributed by atoms with Crippen LogP contribution < -0.4 is 5.32 Å². The Morgan fingerprint density at radius 1 is 1.25 bits per heavy atom. The highest BCUT2D eigenvalue weighted by molar-refractivity contribution is 5.77. The highest BCUT2D eigenvalue weighted by Crippen LogP contribution is 2.17. The lowest BCUT2D eigenvalue weighted by atomic mass is 10.3. The average Bonchev–Trinajstić information content (AvgIpc) is 2.31. The monoisotopic (exact) mass is 298 g/mol. The van der Waals surface area contributed by atoms with Crippen LogP contribution in [0.4, 0.5) is 13.2 Å². The molecule has 0 spiro atoms. The molecule has 5 nitrogen and oxygen atoms in total. The van der Waals surface area contributed by atoms with E-state index in [9.17, 15) is 22.8 Å². The third-order valence-corrected chi connectivity index (χ3v) is 2.43. The second-order valence-electron chi connectivity index (χ2n) is 4.62. The molecule has 0 unspecified atom stereocenters. The Morgan fingerprint density at radius 3 is 2.30 bits per heavy atom. The lowest BCUT2D eigenvalue weighted by Gasteiger charge is -2.24. The molecule has 1 amide bonds. The quantitative estimate of drug-likeness (QED) is 0.687. The zero-order valence-corrected chi connectivity index (χ0v) is 11.9. The van der Waals surface area contributed by atoms with Crippen LogP contribution in [-0.4, -0.2) is 55.7 Å². The second-order valence-corrected chi connectivity index (χ2v) is 4.62. The van der Waals surface area contributed by atoms with Gasteiger partial charge in [-0.25, -0.2) is 0 Å². The molecular formula is C12H21F3N2O3. The number of nitrogens with zero attached hydrogens (tertiary/aromatic N) is 1. The number of esters is 1. The maximum atomic E-state index is 12.4. The summed E-state index contributed by atoms with van der Waals surface area (Å²) in [5, 5.41) is 2.95. The van der Waals surface area contributed by atoms with Crippen molar-refractivity contribution in [3.05, 3.63) is 0 Å². The molecule has 0 rings (SSSR count). The summed E-state index contributed by atoms with van der Waals surface area (Å²) in [4.78, 5) is 23.3. The topological polar surface area (TPSA) is 58.6 Å². The number of methoxy groups -OCH3 is 1. The van der Waals surface area contributed by atoms with Gasteiger partial charge >= 0.3 is 12.1 Å². The third-order valence-electron chi connectivity index (χ3n) is 2.43. The number of rotatable bonds is 8. The van der Waals surface area contributed by atoms with Crippen LogP contribution in [0.3, 0.4) is 0 Å². The Bertz CT molecular complexity index is 320. The zero-order valence-electron chi connectivity index (χ0n) is 11.9. The van der Waals surface area contributed by atoms with Gasteiger partial charge in [-0.05, 0) is 0 Å². The van der Waals surface area contributed by atoms with Crippen molar-refractivity contribution in [2.45, 2.75) is 38.9 Å². The number of alkyl halides is 3. The van der Waals surface area contributed by atoms with Gasteiger partial charge in [0.1, 0.15) is 6.54 Å². The van der Waals surface area contributed by atoms with Crippen molar-refractivity contribution in [2.24, 2.45) is 0 Å². The van der Waals surface area contributed by atoms with Gasteiger partial charge in [-0.15, -0.1) is 0 Å². The smallest absolute Gasteiger partial charge is 0.406 e. The molecule has 0 aliphatic heterocycles. The van der Waals surface area contributed by atoms with E-state index >= 15 is 0 Å². The summed E-state index contributed by atoms with van der Waals surface area (Å²) in [6.45, 7) is 2.38. The van der Waals surface area contributed by atoms with E-state index in [1.165, 1.54) is 0 Å². The molecule has 0 atom stereocenters. The summed E-state index contributed by atoms with van der Waals surface area (Å²) in [6.07, 6.45) is -4.79. The van der Waals surface area contributed by atoms with Crippen molar-refractivity contribution >= 4 is 11.9 Å². The Morgan fingerprint density at radius 2 is 1.85 bits per heavy atom. The van der Waals surface area contributed by atoms with Crippen LogP contribution in [-0.2, 0) is 14.3 Å². The number of halogens is 3. The lowest BCUT2D eigenvalue weighted by molar-refractivity contribution is -0.162. The average molecular weight is 298 g/mol. The van der Waals surface area contributed by atoms with Gasteiger partial charge in [0.25, 0.3) is 0 Å². The molecule has 0 radical (unpaired) electrons. The van der Waals surface area contributed by atoms with Crippen LogP contribution in [0.25, 0.3) is 0 Å². The number of nitrogens with one attached hydrogen (secondary N) is 1.